The zero-order chi connectivity index (χ0) is 28.6. The molecule has 0 radical (unpaired) electrons. The third kappa shape index (κ3) is 7.14. The number of H-pyrrole nitrogens is 1. The summed E-state index contributed by atoms with van der Waals surface area (Å²) in [4.78, 5) is 40.4. The summed E-state index contributed by atoms with van der Waals surface area (Å²) in [6.07, 6.45) is 0.402. The first-order chi connectivity index (χ1) is 19.2. The summed E-state index contributed by atoms with van der Waals surface area (Å²) in [5.74, 6) is -0.246. The highest BCUT2D eigenvalue weighted by Crippen LogP contribution is 2.23. The fourth-order valence-electron chi connectivity index (χ4n) is 4.18. The SMILES string of the molecule is Cc1ccccc1NC(=O)Nc1ccc(CC(=O)N(C(=O)[C@@H](N)CC(C)C)c2ccc(-c3nnn[nH]3)cc2)cc1. The molecule has 4 aromatic rings. The van der Waals surface area contributed by atoms with Crippen LogP contribution in [0.5, 0.6) is 0 Å². The molecule has 4 amide bonds. The maximum atomic E-state index is 13.5. The van der Waals surface area contributed by atoms with Crippen LogP contribution < -0.4 is 21.3 Å². The minimum atomic E-state index is -0.833. The first kappa shape index (κ1) is 28.1. The number of nitrogens with two attached hydrogens (primary N) is 1. The van der Waals surface area contributed by atoms with Crippen LogP contribution in [0.25, 0.3) is 11.4 Å². The van der Waals surface area contributed by atoms with Crippen molar-refractivity contribution in [1.82, 2.24) is 20.6 Å². The van der Waals surface area contributed by atoms with Gasteiger partial charge in [-0.25, -0.2) is 14.8 Å². The number of hydrogen-bond donors (Lipinski definition) is 4. The van der Waals surface area contributed by atoms with E-state index in [2.05, 4.69) is 31.3 Å². The smallest absolute Gasteiger partial charge is 0.320 e. The molecule has 1 atom stereocenters. The fourth-order valence-corrected chi connectivity index (χ4v) is 4.18. The molecule has 3 aromatic carbocycles. The van der Waals surface area contributed by atoms with Gasteiger partial charge in [0.05, 0.1) is 18.2 Å². The number of carbonyl (C=O) groups is 3. The molecular weight excluding hydrogens is 508 g/mol. The van der Waals surface area contributed by atoms with Gasteiger partial charge in [0.1, 0.15) is 0 Å². The Morgan fingerprint density at radius 3 is 2.27 bits per heavy atom. The van der Waals surface area contributed by atoms with Gasteiger partial charge in [0, 0.05) is 16.9 Å². The highest BCUT2D eigenvalue weighted by Gasteiger charge is 2.28. The predicted octanol–water partition coefficient (Wildman–Crippen LogP) is 4.29. The molecule has 0 bridgehead atoms. The molecular formula is C29H32N8O3. The maximum Gasteiger partial charge on any atom is 0.323 e. The summed E-state index contributed by atoms with van der Waals surface area (Å²) in [7, 11) is 0. The number of tetrazole rings is 1. The maximum absolute atomic E-state index is 13.5. The van der Waals surface area contributed by atoms with Crippen LogP contribution in [0.3, 0.4) is 0 Å². The lowest BCUT2D eigenvalue weighted by Gasteiger charge is -2.25. The predicted molar refractivity (Wildman–Crippen MR) is 154 cm³/mol. The number of aromatic amines is 1. The lowest BCUT2D eigenvalue weighted by atomic mass is 10.0. The Morgan fingerprint density at radius 2 is 1.65 bits per heavy atom. The van der Waals surface area contributed by atoms with Gasteiger partial charge in [0.15, 0.2) is 5.82 Å². The van der Waals surface area contributed by atoms with E-state index in [1.165, 1.54) is 0 Å². The van der Waals surface area contributed by atoms with Crippen molar-refractivity contribution in [3.8, 4) is 11.4 Å². The normalized spacial score (nSPS) is 11.6. The monoisotopic (exact) mass is 540 g/mol. The lowest BCUT2D eigenvalue weighted by Crippen LogP contribution is -2.48. The first-order valence-corrected chi connectivity index (χ1v) is 12.9. The largest absolute Gasteiger partial charge is 0.323 e. The Morgan fingerprint density at radius 1 is 0.950 bits per heavy atom. The Hall–Kier alpha value is -4.90. The van der Waals surface area contributed by atoms with Crippen molar-refractivity contribution in [2.24, 2.45) is 11.7 Å². The van der Waals surface area contributed by atoms with Crippen molar-refractivity contribution < 1.29 is 14.4 Å². The number of benzene rings is 3. The molecule has 0 saturated carbocycles. The number of urea groups is 1. The zero-order valence-electron chi connectivity index (χ0n) is 22.6. The molecule has 11 nitrogen and oxygen atoms in total. The Bertz CT molecular complexity index is 1450. The number of imide groups is 1. The second kappa shape index (κ2) is 12.8. The number of anilines is 3. The molecule has 1 aromatic heterocycles. The topological polar surface area (TPSA) is 159 Å². The summed E-state index contributed by atoms with van der Waals surface area (Å²) in [6.45, 7) is 5.85. The molecule has 0 aliphatic rings. The van der Waals surface area contributed by atoms with Crippen LogP contribution in [0.15, 0.2) is 72.8 Å². The molecule has 5 N–H and O–H groups in total. The van der Waals surface area contributed by atoms with Crippen LogP contribution in [0, 0.1) is 12.8 Å². The number of rotatable bonds is 9. The quantitative estimate of drug-likeness (QED) is 0.246. The minimum absolute atomic E-state index is 0.0381. The number of amides is 4. The van der Waals surface area contributed by atoms with Gasteiger partial charge in [-0.05, 0) is 83.3 Å². The van der Waals surface area contributed by atoms with Gasteiger partial charge in [-0.2, -0.15) is 0 Å². The summed E-state index contributed by atoms with van der Waals surface area (Å²) in [6, 6.07) is 19.9. The average molecular weight is 541 g/mol. The number of nitrogens with one attached hydrogen (secondary N) is 3. The molecule has 0 fully saturated rings. The van der Waals surface area contributed by atoms with E-state index in [0.717, 1.165) is 10.5 Å². The molecule has 0 aliphatic heterocycles. The molecule has 0 spiro atoms. The van der Waals surface area contributed by atoms with Crippen molar-refractivity contribution in [2.75, 3.05) is 15.5 Å². The molecule has 0 saturated heterocycles. The second-order valence-corrected chi connectivity index (χ2v) is 9.87. The number of aromatic nitrogens is 4. The zero-order valence-corrected chi connectivity index (χ0v) is 22.6. The number of nitrogens with zero attached hydrogens (tertiary/aromatic N) is 4. The third-order valence-corrected chi connectivity index (χ3v) is 6.22. The van der Waals surface area contributed by atoms with E-state index in [1.807, 2.05) is 45.0 Å². The number of para-hydroxylation sites is 1. The summed E-state index contributed by atoms with van der Waals surface area (Å²) in [5.41, 5.74) is 10.2. The summed E-state index contributed by atoms with van der Waals surface area (Å²) < 4.78 is 0. The molecule has 1 heterocycles. The van der Waals surface area contributed by atoms with Crippen LogP contribution in [0.2, 0.25) is 0 Å². The van der Waals surface area contributed by atoms with Gasteiger partial charge < -0.3 is 16.4 Å². The van der Waals surface area contributed by atoms with E-state index >= 15 is 0 Å². The fraction of sp³-hybridized carbons (Fsp3) is 0.241. The molecule has 4 rings (SSSR count). The van der Waals surface area contributed by atoms with E-state index in [4.69, 9.17) is 5.73 Å². The Kier molecular flexibility index (Phi) is 8.97. The minimum Gasteiger partial charge on any atom is -0.320 e. The number of carbonyl (C=O) groups excluding carboxylic acids is 3. The number of hydrogen-bond acceptors (Lipinski definition) is 7. The summed E-state index contributed by atoms with van der Waals surface area (Å²) in [5, 5.41) is 19.3. The van der Waals surface area contributed by atoms with Crippen LogP contribution in [-0.4, -0.2) is 44.5 Å². The Labute approximate surface area is 232 Å². The highest BCUT2D eigenvalue weighted by atomic mass is 16.2. The standard InChI is InChI=1S/C29H32N8O3/c1-18(2)16-24(30)28(39)37(23-14-10-21(11-15-23)27-33-35-36-34-27)26(38)17-20-8-12-22(13-9-20)31-29(40)32-25-7-5-4-6-19(25)3/h4-15,18,24H,16-17,30H2,1-3H3,(H2,31,32,40)(H,33,34,35,36)/t24-/m0/s1. The van der Waals surface area contributed by atoms with Gasteiger partial charge in [-0.3, -0.25) is 9.59 Å². The number of aryl methyl sites for hydroxylation is 1. The van der Waals surface area contributed by atoms with Crippen molar-refractivity contribution in [3.63, 3.8) is 0 Å². The third-order valence-electron chi connectivity index (χ3n) is 6.22. The van der Waals surface area contributed by atoms with Crippen LogP contribution in [0.4, 0.5) is 21.9 Å². The van der Waals surface area contributed by atoms with Gasteiger partial charge in [-0.1, -0.05) is 44.2 Å². The van der Waals surface area contributed by atoms with Crippen LogP contribution in [-0.2, 0) is 16.0 Å². The van der Waals surface area contributed by atoms with Crippen LogP contribution >= 0.6 is 0 Å². The molecule has 40 heavy (non-hydrogen) atoms. The lowest BCUT2D eigenvalue weighted by molar-refractivity contribution is -0.127. The van der Waals surface area contributed by atoms with E-state index in [-0.39, 0.29) is 18.4 Å². The van der Waals surface area contributed by atoms with Crippen molar-refractivity contribution in [2.45, 2.75) is 39.7 Å². The van der Waals surface area contributed by atoms with Crippen molar-refractivity contribution in [3.05, 3.63) is 83.9 Å². The van der Waals surface area contributed by atoms with Crippen molar-refractivity contribution in [1.29, 1.82) is 0 Å². The van der Waals surface area contributed by atoms with Gasteiger partial charge in [-0.15, -0.1) is 5.10 Å². The Balaban J connectivity index is 1.47. The van der Waals surface area contributed by atoms with Gasteiger partial charge >= 0.3 is 6.03 Å². The molecule has 11 heteroatoms. The van der Waals surface area contributed by atoms with Gasteiger partial charge in [0.25, 0.3) is 5.91 Å². The van der Waals surface area contributed by atoms with E-state index < -0.39 is 17.9 Å². The highest BCUT2D eigenvalue weighted by molar-refractivity contribution is 6.17. The second-order valence-electron chi connectivity index (χ2n) is 9.87. The van der Waals surface area contributed by atoms with Gasteiger partial charge in [0.2, 0.25) is 5.91 Å². The van der Waals surface area contributed by atoms with Crippen molar-refractivity contribution >= 4 is 34.9 Å². The average Bonchev–Trinajstić information content (AvgIpc) is 3.46. The first-order valence-electron chi connectivity index (χ1n) is 12.9. The molecule has 0 aliphatic carbocycles. The van der Waals surface area contributed by atoms with E-state index in [0.29, 0.717) is 40.4 Å². The molecule has 0 unspecified atom stereocenters. The summed E-state index contributed by atoms with van der Waals surface area (Å²) >= 11 is 0. The van der Waals surface area contributed by atoms with E-state index in [1.54, 1.807) is 48.5 Å². The van der Waals surface area contributed by atoms with Crippen LogP contribution in [0.1, 0.15) is 31.4 Å². The molecule has 206 valence electrons. The van der Waals surface area contributed by atoms with E-state index in [9.17, 15) is 14.4 Å².